The molecule has 0 aliphatic carbocycles. The average Bonchev–Trinajstić information content (AvgIpc) is 2.83. The normalized spacial score (nSPS) is 10.5. The summed E-state index contributed by atoms with van der Waals surface area (Å²) in [6, 6.07) is 32.5. The maximum atomic E-state index is 13.1. The Morgan fingerprint density at radius 3 is 1.77 bits per heavy atom. The topological polar surface area (TPSA) is 26.3 Å². The molecule has 0 radical (unpaired) electrons. The van der Waals surface area contributed by atoms with Crippen LogP contribution in [-0.2, 0) is 4.74 Å². The second-order valence-corrected chi connectivity index (χ2v) is 7.33. The van der Waals surface area contributed by atoms with E-state index in [0.717, 1.165) is 38.9 Å². The Labute approximate surface area is 183 Å². The molecule has 0 atom stereocenters. The highest BCUT2D eigenvalue weighted by molar-refractivity contribution is 6.04. The second-order valence-electron chi connectivity index (χ2n) is 7.33. The lowest BCUT2D eigenvalue weighted by Crippen LogP contribution is -2.09. The fourth-order valence-corrected chi connectivity index (χ4v) is 3.99. The zero-order valence-corrected chi connectivity index (χ0v) is 17.5. The van der Waals surface area contributed by atoms with Gasteiger partial charge in [-0.25, -0.2) is 4.79 Å². The molecule has 0 bridgehead atoms. The molecule has 0 aliphatic rings. The fourth-order valence-electron chi connectivity index (χ4n) is 3.99. The number of hydrogen-bond acceptors (Lipinski definition) is 2. The number of carbonyl (C=O) groups excluding carboxylic acids is 1. The van der Waals surface area contributed by atoms with Crippen LogP contribution in [0.1, 0.15) is 15.9 Å². The van der Waals surface area contributed by atoms with E-state index in [1.807, 2.05) is 72.8 Å². The molecule has 0 fully saturated rings. The Morgan fingerprint density at radius 2 is 1.26 bits per heavy atom. The molecular weight excluding hydrogens is 380 g/mol. The van der Waals surface area contributed by atoms with Crippen LogP contribution in [0.25, 0.3) is 33.4 Å². The lowest BCUT2D eigenvalue weighted by molar-refractivity contribution is 0.0550. The van der Waals surface area contributed by atoms with E-state index in [2.05, 4.69) is 37.8 Å². The predicted octanol–water partition coefficient (Wildman–Crippen LogP) is 7.34. The van der Waals surface area contributed by atoms with Gasteiger partial charge in [0.05, 0.1) is 5.56 Å². The maximum absolute atomic E-state index is 13.1. The van der Waals surface area contributed by atoms with Gasteiger partial charge in [-0.1, -0.05) is 104 Å². The van der Waals surface area contributed by atoms with E-state index in [0.29, 0.717) is 5.56 Å². The summed E-state index contributed by atoms with van der Waals surface area (Å²) in [6.07, 6.45) is 1.59. The standard InChI is InChI=1S/C29H24O2/c1-3-19-31-29(30)26-20-25(22-13-7-4-8-14-22)27(23-15-9-5-10-16-23)21(2)28(26)24-17-11-6-12-18-24/h3-18,20H,1,19H2,2H3. The van der Waals surface area contributed by atoms with Gasteiger partial charge in [-0.3, -0.25) is 0 Å². The lowest BCUT2D eigenvalue weighted by atomic mass is 9.83. The van der Waals surface area contributed by atoms with Crippen LogP contribution in [0.5, 0.6) is 0 Å². The van der Waals surface area contributed by atoms with Gasteiger partial charge in [-0.05, 0) is 51.9 Å². The number of carbonyl (C=O) groups is 1. The summed E-state index contributed by atoms with van der Waals surface area (Å²) in [7, 11) is 0. The molecule has 4 rings (SSSR count). The van der Waals surface area contributed by atoms with E-state index in [4.69, 9.17) is 4.74 Å². The predicted molar refractivity (Wildman–Crippen MR) is 128 cm³/mol. The average molecular weight is 405 g/mol. The molecule has 0 aliphatic heterocycles. The van der Waals surface area contributed by atoms with Gasteiger partial charge >= 0.3 is 5.97 Å². The molecule has 0 amide bonds. The Kier molecular flexibility index (Phi) is 6.09. The summed E-state index contributed by atoms with van der Waals surface area (Å²) in [5.41, 5.74) is 7.79. The Morgan fingerprint density at radius 1 is 0.774 bits per heavy atom. The molecule has 0 saturated heterocycles. The molecule has 31 heavy (non-hydrogen) atoms. The minimum Gasteiger partial charge on any atom is -0.458 e. The minimum atomic E-state index is -0.348. The molecule has 4 aromatic rings. The molecule has 0 saturated carbocycles. The van der Waals surface area contributed by atoms with E-state index in [1.54, 1.807) is 6.08 Å². The molecule has 2 nitrogen and oxygen atoms in total. The molecular formula is C29H24O2. The molecule has 4 aromatic carbocycles. The van der Waals surface area contributed by atoms with Crippen LogP contribution >= 0.6 is 0 Å². The van der Waals surface area contributed by atoms with Crippen LogP contribution in [-0.4, -0.2) is 12.6 Å². The Hall–Kier alpha value is -3.91. The third kappa shape index (κ3) is 4.19. The molecule has 152 valence electrons. The molecule has 0 aromatic heterocycles. The highest BCUT2D eigenvalue weighted by atomic mass is 16.5. The van der Waals surface area contributed by atoms with Gasteiger partial charge in [0.2, 0.25) is 0 Å². The first kappa shape index (κ1) is 20.4. The van der Waals surface area contributed by atoms with Crippen LogP contribution in [0.2, 0.25) is 0 Å². The van der Waals surface area contributed by atoms with Gasteiger partial charge in [-0.15, -0.1) is 0 Å². The quantitative estimate of drug-likeness (QED) is 0.248. The molecule has 0 N–H and O–H groups in total. The number of benzene rings is 4. The number of hydrogen-bond donors (Lipinski definition) is 0. The molecule has 0 heterocycles. The summed E-state index contributed by atoms with van der Waals surface area (Å²) in [4.78, 5) is 13.1. The largest absolute Gasteiger partial charge is 0.458 e. The molecule has 0 spiro atoms. The number of ether oxygens (including phenoxy) is 1. The van der Waals surface area contributed by atoms with Crippen molar-refractivity contribution in [2.24, 2.45) is 0 Å². The van der Waals surface area contributed by atoms with Crippen molar-refractivity contribution < 1.29 is 9.53 Å². The molecule has 2 heteroatoms. The van der Waals surface area contributed by atoms with Gasteiger partial charge < -0.3 is 4.74 Å². The summed E-state index contributed by atoms with van der Waals surface area (Å²) in [5.74, 6) is -0.348. The smallest absolute Gasteiger partial charge is 0.339 e. The van der Waals surface area contributed by atoms with Crippen molar-refractivity contribution >= 4 is 5.97 Å². The zero-order chi connectivity index (χ0) is 21.6. The van der Waals surface area contributed by atoms with Crippen molar-refractivity contribution in [2.75, 3.05) is 6.61 Å². The summed E-state index contributed by atoms with van der Waals surface area (Å²) in [5, 5.41) is 0. The number of esters is 1. The first-order valence-electron chi connectivity index (χ1n) is 10.3. The summed E-state index contributed by atoms with van der Waals surface area (Å²) in [6.45, 7) is 5.92. The van der Waals surface area contributed by atoms with Crippen LogP contribution in [0, 0.1) is 6.92 Å². The van der Waals surface area contributed by atoms with Crippen LogP contribution in [0.4, 0.5) is 0 Å². The number of rotatable bonds is 6. The van der Waals surface area contributed by atoms with Gasteiger partial charge in [0, 0.05) is 0 Å². The minimum absolute atomic E-state index is 0.174. The van der Waals surface area contributed by atoms with Gasteiger partial charge in [0.25, 0.3) is 0 Å². The lowest BCUT2D eigenvalue weighted by Gasteiger charge is -2.21. The van der Waals surface area contributed by atoms with Crippen molar-refractivity contribution in [1.29, 1.82) is 0 Å². The zero-order valence-electron chi connectivity index (χ0n) is 17.5. The van der Waals surface area contributed by atoms with Crippen molar-refractivity contribution in [3.8, 4) is 33.4 Å². The monoisotopic (exact) mass is 404 g/mol. The Balaban J connectivity index is 2.07. The van der Waals surface area contributed by atoms with Crippen molar-refractivity contribution in [1.82, 2.24) is 0 Å². The third-order valence-electron chi connectivity index (χ3n) is 5.34. The first-order chi connectivity index (χ1) is 15.2. The van der Waals surface area contributed by atoms with E-state index in [9.17, 15) is 4.79 Å². The van der Waals surface area contributed by atoms with Crippen LogP contribution in [0.15, 0.2) is 110 Å². The van der Waals surface area contributed by atoms with E-state index >= 15 is 0 Å². The third-order valence-corrected chi connectivity index (χ3v) is 5.34. The maximum Gasteiger partial charge on any atom is 0.339 e. The van der Waals surface area contributed by atoms with Crippen molar-refractivity contribution in [2.45, 2.75) is 6.92 Å². The van der Waals surface area contributed by atoms with Crippen molar-refractivity contribution in [3.05, 3.63) is 121 Å². The van der Waals surface area contributed by atoms with E-state index < -0.39 is 0 Å². The highest BCUT2D eigenvalue weighted by Crippen LogP contribution is 2.42. The van der Waals surface area contributed by atoms with Crippen molar-refractivity contribution in [3.63, 3.8) is 0 Å². The van der Waals surface area contributed by atoms with Crippen LogP contribution in [0.3, 0.4) is 0 Å². The summed E-state index contributed by atoms with van der Waals surface area (Å²) >= 11 is 0. The van der Waals surface area contributed by atoms with Crippen LogP contribution < -0.4 is 0 Å². The first-order valence-corrected chi connectivity index (χ1v) is 10.3. The van der Waals surface area contributed by atoms with E-state index in [1.165, 1.54) is 0 Å². The fraction of sp³-hybridized carbons (Fsp3) is 0.0690. The molecule has 0 unspecified atom stereocenters. The second kappa shape index (κ2) is 9.27. The van der Waals surface area contributed by atoms with Gasteiger partial charge in [-0.2, -0.15) is 0 Å². The van der Waals surface area contributed by atoms with Gasteiger partial charge in [0.1, 0.15) is 6.61 Å². The van der Waals surface area contributed by atoms with Gasteiger partial charge in [0.15, 0.2) is 0 Å². The van der Waals surface area contributed by atoms with E-state index in [-0.39, 0.29) is 12.6 Å². The summed E-state index contributed by atoms with van der Waals surface area (Å²) < 4.78 is 5.47. The SMILES string of the molecule is C=CCOC(=O)c1cc(-c2ccccc2)c(-c2ccccc2)c(C)c1-c1ccccc1. The Bertz CT molecular complexity index is 1190. The highest BCUT2D eigenvalue weighted by Gasteiger charge is 2.23.